The van der Waals surface area contributed by atoms with E-state index in [1.807, 2.05) is 19.9 Å². The van der Waals surface area contributed by atoms with Crippen molar-refractivity contribution >= 4 is 50.7 Å². The van der Waals surface area contributed by atoms with Crippen molar-refractivity contribution in [2.24, 2.45) is 0 Å². The second-order valence-electron chi connectivity index (χ2n) is 9.01. The lowest BCUT2D eigenvalue weighted by Gasteiger charge is -2.30. The smallest absolute Gasteiger partial charge is 0.242 e. The third-order valence-electron chi connectivity index (χ3n) is 6.00. The third-order valence-corrected chi connectivity index (χ3v) is 7.65. The topological polar surface area (TPSA) is 86.8 Å². The van der Waals surface area contributed by atoms with E-state index in [1.165, 1.54) is 9.21 Å². The van der Waals surface area contributed by atoms with Crippen LogP contribution in [0.1, 0.15) is 51.2 Å². The average Bonchev–Trinajstić information content (AvgIpc) is 2.80. The average molecular weight is 557 g/mol. The van der Waals surface area contributed by atoms with Crippen LogP contribution in [0.4, 0.5) is 5.69 Å². The number of sulfonamides is 1. The minimum absolute atomic E-state index is 0.0210. The molecule has 10 heteroatoms. The van der Waals surface area contributed by atoms with Gasteiger partial charge in [0.2, 0.25) is 21.8 Å². The molecule has 2 atom stereocenters. The first-order valence-corrected chi connectivity index (χ1v) is 14.5. The Morgan fingerprint density at radius 2 is 1.72 bits per heavy atom. The molecular weight excluding hydrogens is 521 g/mol. The molecule has 36 heavy (non-hydrogen) atoms. The van der Waals surface area contributed by atoms with Gasteiger partial charge in [-0.3, -0.25) is 13.9 Å². The quantitative estimate of drug-likeness (QED) is 0.391. The molecule has 2 aromatic carbocycles. The van der Waals surface area contributed by atoms with Gasteiger partial charge >= 0.3 is 0 Å². The van der Waals surface area contributed by atoms with Gasteiger partial charge in [-0.15, -0.1) is 0 Å². The van der Waals surface area contributed by atoms with Gasteiger partial charge < -0.3 is 10.2 Å². The van der Waals surface area contributed by atoms with Gasteiger partial charge in [0, 0.05) is 35.6 Å². The zero-order valence-corrected chi connectivity index (χ0v) is 23.8. The van der Waals surface area contributed by atoms with E-state index < -0.39 is 16.1 Å². The van der Waals surface area contributed by atoms with Crippen LogP contribution in [0.5, 0.6) is 0 Å². The largest absolute Gasteiger partial charge is 0.352 e. The van der Waals surface area contributed by atoms with Crippen LogP contribution in [0.25, 0.3) is 0 Å². The lowest BCUT2D eigenvalue weighted by molar-refractivity contribution is -0.140. The third kappa shape index (κ3) is 8.68. The second kappa shape index (κ2) is 13.3. The molecule has 2 rings (SSSR count). The molecule has 0 saturated carbocycles. The predicted molar refractivity (Wildman–Crippen MR) is 147 cm³/mol. The van der Waals surface area contributed by atoms with Gasteiger partial charge in [-0.1, -0.05) is 48.3 Å². The fraction of sp³-hybridized carbons (Fsp3) is 0.462. The van der Waals surface area contributed by atoms with E-state index in [-0.39, 0.29) is 43.8 Å². The molecule has 0 spiro atoms. The molecular formula is C26H35Cl2N3O4S. The van der Waals surface area contributed by atoms with E-state index >= 15 is 0 Å². The zero-order chi connectivity index (χ0) is 27.0. The molecule has 198 valence electrons. The fourth-order valence-electron chi connectivity index (χ4n) is 3.71. The van der Waals surface area contributed by atoms with Gasteiger partial charge in [-0.05, 0) is 69.0 Å². The first kappa shape index (κ1) is 29.9. The Kier molecular flexibility index (Phi) is 11.1. The normalized spacial score (nSPS) is 13.1. The van der Waals surface area contributed by atoms with Gasteiger partial charge in [0.05, 0.1) is 11.9 Å². The minimum Gasteiger partial charge on any atom is -0.352 e. The second-order valence-corrected chi connectivity index (χ2v) is 11.8. The number of amides is 2. The molecule has 0 fully saturated rings. The summed E-state index contributed by atoms with van der Waals surface area (Å²) in [5.41, 5.74) is 2.04. The van der Waals surface area contributed by atoms with Crippen molar-refractivity contribution in [3.05, 3.63) is 63.6 Å². The van der Waals surface area contributed by atoms with Gasteiger partial charge in [0.1, 0.15) is 6.04 Å². The number of halogens is 2. The van der Waals surface area contributed by atoms with Gasteiger partial charge in [0.25, 0.3) is 0 Å². The monoisotopic (exact) mass is 555 g/mol. The van der Waals surface area contributed by atoms with Crippen molar-refractivity contribution in [3.8, 4) is 0 Å². The van der Waals surface area contributed by atoms with Gasteiger partial charge in [-0.25, -0.2) is 8.42 Å². The molecule has 0 aliphatic carbocycles. The highest BCUT2D eigenvalue weighted by Gasteiger charge is 2.27. The van der Waals surface area contributed by atoms with Crippen molar-refractivity contribution in [2.75, 3.05) is 17.1 Å². The molecule has 2 amide bonds. The summed E-state index contributed by atoms with van der Waals surface area (Å²) in [6.07, 6.45) is 2.23. The molecule has 0 bridgehead atoms. The number of carbonyl (C=O) groups is 2. The Morgan fingerprint density at radius 1 is 1.06 bits per heavy atom. The van der Waals surface area contributed by atoms with Crippen LogP contribution in [0, 0.1) is 6.92 Å². The Labute approximate surface area is 224 Å². The first-order chi connectivity index (χ1) is 16.8. The summed E-state index contributed by atoms with van der Waals surface area (Å²) in [7, 11) is -3.60. The van der Waals surface area contributed by atoms with E-state index in [9.17, 15) is 18.0 Å². The van der Waals surface area contributed by atoms with Crippen molar-refractivity contribution in [1.29, 1.82) is 0 Å². The first-order valence-electron chi connectivity index (χ1n) is 11.9. The predicted octanol–water partition coefficient (Wildman–Crippen LogP) is 5.18. The van der Waals surface area contributed by atoms with Crippen LogP contribution < -0.4 is 9.62 Å². The maximum Gasteiger partial charge on any atom is 0.242 e. The Bertz CT molecular complexity index is 1170. The molecule has 1 N–H and O–H groups in total. The van der Waals surface area contributed by atoms with Crippen LogP contribution in [0.2, 0.25) is 10.0 Å². The summed E-state index contributed by atoms with van der Waals surface area (Å²) in [6.45, 7) is 7.69. The van der Waals surface area contributed by atoms with E-state index in [0.29, 0.717) is 15.7 Å². The maximum atomic E-state index is 13.3. The van der Waals surface area contributed by atoms with Crippen LogP contribution >= 0.6 is 23.2 Å². The van der Waals surface area contributed by atoms with Gasteiger partial charge in [-0.2, -0.15) is 0 Å². The molecule has 7 nitrogen and oxygen atoms in total. The van der Waals surface area contributed by atoms with Crippen molar-refractivity contribution in [2.45, 2.75) is 65.6 Å². The summed E-state index contributed by atoms with van der Waals surface area (Å²) in [6, 6.07) is 11.5. The number of carbonyl (C=O) groups excluding carboxylic acids is 2. The van der Waals surface area contributed by atoms with E-state index in [4.69, 9.17) is 23.2 Å². The SMILES string of the molecule is CC[C@H](C)NC(=O)[C@H](C)N(Cc1cccc(Cl)c1)C(=O)CCCN(c1cc(Cl)ccc1C)S(C)(=O)=O. The Balaban J connectivity index is 2.21. The highest BCUT2D eigenvalue weighted by molar-refractivity contribution is 7.92. The Morgan fingerprint density at radius 3 is 2.33 bits per heavy atom. The lowest BCUT2D eigenvalue weighted by Crippen LogP contribution is -2.49. The highest BCUT2D eigenvalue weighted by Crippen LogP contribution is 2.27. The number of benzene rings is 2. The molecule has 0 saturated heterocycles. The Hall–Kier alpha value is -2.29. The summed E-state index contributed by atoms with van der Waals surface area (Å²) < 4.78 is 26.3. The van der Waals surface area contributed by atoms with E-state index in [1.54, 1.807) is 50.2 Å². The molecule has 2 aromatic rings. The molecule has 0 aromatic heterocycles. The summed E-state index contributed by atoms with van der Waals surface area (Å²) in [5, 5.41) is 3.89. The van der Waals surface area contributed by atoms with Crippen molar-refractivity contribution < 1.29 is 18.0 Å². The highest BCUT2D eigenvalue weighted by atomic mass is 35.5. The summed E-state index contributed by atoms with van der Waals surface area (Å²) in [5.74, 6) is -0.495. The van der Waals surface area contributed by atoms with Crippen LogP contribution in [-0.2, 0) is 26.2 Å². The van der Waals surface area contributed by atoms with E-state index in [2.05, 4.69) is 5.32 Å². The van der Waals surface area contributed by atoms with Gasteiger partial charge in [0.15, 0.2) is 0 Å². The summed E-state index contributed by atoms with van der Waals surface area (Å²) in [4.78, 5) is 27.7. The lowest BCUT2D eigenvalue weighted by atomic mass is 10.1. The number of nitrogens with one attached hydrogen (secondary N) is 1. The standard InChI is InChI=1S/C26H35Cl2N3O4S/c1-6-19(3)29-26(33)20(4)30(17-21-9-7-10-22(27)15-21)25(32)11-8-14-31(36(5,34)35)24-16-23(28)13-12-18(24)2/h7,9-10,12-13,15-16,19-20H,6,8,11,14,17H2,1-5H3,(H,29,33)/t19-,20-/m0/s1. The van der Waals surface area contributed by atoms with Crippen molar-refractivity contribution in [3.63, 3.8) is 0 Å². The van der Waals surface area contributed by atoms with Crippen molar-refractivity contribution in [1.82, 2.24) is 10.2 Å². The number of aryl methyl sites for hydroxylation is 1. The number of anilines is 1. The van der Waals surface area contributed by atoms with Crippen LogP contribution in [0.15, 0.2) is 42.5 Å². The number of hydrogen-bond donors (Lipinski definition) is 1. The summed E-state index contributed by atoms with van der Waals surface area (Å²) >= 11 is 12.2. The number of rotatable bonds is 12. The van der Waals surface area contributed by atoms with Crippen LogP contribution in [-0.4, -0.2) is 50.0 Å². The maximum absolute atomic E-state index is 13.3. The zero-order valence-electron chi connectivity index (χ0n) is 21.4. The number of nitrogens with zero attached hydrogens (tertiary/aromatic N) is 2. The number of hydrogen-bond acceptors (Lipinski definition) is 4. The molecule has 0 aliphatic heterocycles. The molecule has 0 unspecified atom stereocenters. The molecule has 0 heterocycles. The minimum atomic E-state index is -3.60. The van der Waals surface area contributed by atoms with E-state index in [0.717, 1.165) is 23.8 Å². The fourth-order valence-corrected chi connectivity index (χ4v) is 5.11. The molecule has 0 aliphatic rings. The molecule has 0 radical (unpaired) electrons. The van der Waals surface area contributed by atoms with Crippen LogP contribution in [0.3, 0.4) is 0 Å².